The van der Waals surface area contributed by atoms with Crippen LogP contribution in [0.4, 0.5) is 8.78 Å². The van der Waals surface area contributed by atoms with Crippen LogP contribution in [0.25, 0.3) is 0 Å². The third kappa shape index (κ3) is 4.66. The van der Waals surface area contributed by atoms with Gasteiger partial charge in [-0.25, -0.2) is 8.78 Å². The molecule has 0 unspecified atom stereocenters. The molecular weight excluding hydrogens is 318 g/mol. The number of hydrogen-bond acceptors (Lipinski definition) is 1. The van der Waals surface area contributed by atoms with Gasteiger partial charge in [0.05, 0.1) is 13.2 Å². The van der Waals surface area contributed by atoms with Crippen molar-refractivity contribution in [3.8, 4) is 0 Å². The topological polar surface area (TPSA) is 9.23 Å². The van der Waals surface area contributed by atoms with Crippen LogP contribution in [-0.4, -0.2) is 13.2 Å². The average Bonchev–Trinajstić information content (AvgIpc) is 2.52. The second kappa shape index (κ2) is 7.25. The lowest BCUT2D eigenvalue weighted by Gasteiger charge is -2.30. The molecule has 0 aliphatic rings. The van der Waals surface area contributed by atoms with Crippen LogP contribution in [0.15, 0.2) is 36.4 Å². The average molecular weight is 346 g/mol. The first-order valence-electron chi connectivity index (χ1n) is 8.64. The maximum Gasteiger partial charge on any atom is 0.126 e. The quantitative estimate of drug-likeness (QED) is 0.637. The van der Waals surface area contributed by atoms with Crippen LogP contribution in [0.3, 0.4) is 0 Å². The zero-order valence-electron chi connectivity index (χ0n) is 16.0. The monoisotopic (exact) mass is 346 g/mol. The molecule has 0 aromatic heterocycles. The van der Waals surface area contributed by atoms with E-state index in [1.807, 2.05) is 39.8 Å². The van der Waals surface area contributed by atoms with E-state index < -0.39 is 0 Å². The SMILES string of the molecule is Cc1ccc(C(C)(C)COCC(C)(C)c2ccc(C)c(F)c2)cc1F. The molecule has 0 heterocycles. The Hall–Kier alpha value is -1.74. The summed E-state index contributed by atoms with van der Waals surface area (Å²) < 4.78 is 33.6. The second-order valence-corrected chi connectivity index (χ2v) is 8.19. The number of ether oxygens (including phenoxy) is 1. The fourth-order valence-corrected chi connectivity index (χ4v) is 2.76. The lowest BCUT2D eigenvalue weighted by Crippen LogP contribution is -2.30. The van der Waals surface area contributed by atoms with Gasteiger partial charge in [0.2, 0.25) is 0 Å². The minimum Gasteiger partial charge on any atom is -0.380 e. The Morgan fingerprint density at radius 3 is 1.40 bits per heavy atom. The van der Waals surface area contributed by atoms with Crippen molar-refractivity contribution in [1.82, 2.24) is 0 Å². The van der Waals surface area contributed by atoms with E-state index in [4.69, 9.17) is 4.74 Å². The Bertz CT molecular complexity index is 684. The first-order chi connectivity index (χ1) is 11.5. The summed E-state index contributed by atoms with van der Waals surface area (Å²) in [6, 6.07) is 10.7. The zero-order chi connectivity index (χ0) is 18.8. The number of rotatable bonds is 6. The van der Waals surface area contributed by atoms with Gasteiger partial charge in [-0.1, -0.05) is 52.0 Å². The molecule has 136 valence electrons. The van der Waals surface area contributed by atoms with E-state index >= 15 is 0 Å². The Kier molecular flexibility index (Phi) is 5.68. The van der Waals surface area contributed by atoms with E-state index in [0.29, 0.717) is 24.3 Å². The molecule has 0 bridgehead atoms. The van der Waals surface area contributed by atoms with Gasteiger partial charge in [0.15, 0.2) is 0 Å². The minimum absolute atomic E-state index is 0.193. The Labute approximate surface area is 150 Å². The highest BCUT2D eigenvalue weighted by molar-refractivity contribution is 5.30. The lowest BCUT2D eigenvalue weighted by atomic mass is 9.83. The van der Waals surface area contributed by atoms with Gasteiger partial charge in [0, 0.05) is 10.8 Å². The molecule has 0 atom stereocenters. The standard InChI is InChI=1S/C22H28F2O/c1-15-7-9-17(11-19(15)23)21(3,4)13-25-14-22(5,6)18-10-8-16(2)20(24)12-18/h7-12H,13-14H2,1-6H3. The summed E-state index contributed by atoms with van der Waals surface area (Å²) in [4.78, 5) is 0. The van der Waals surface area contributed by atoms with Gasteiger partial charge in [-0.3, -0.25) is 0 Å². The first kappa shape index (κ1) is 19.6. The summed E-state index contributed by atoms with van der Waals surface area (Å²) in [6.07, 6.45) is 0. The molecule has 0 fully saturated rings. The third-order valence-electron chi connectivity index (χ3n) is 4.83. The van der Waals surface area contributed by atoms with E-state index in [1.165, 1.54) is 0 Å². The van der Waals surface area contributed by atoms with E-state index in [1.54, 1.807) is 38.1 Å². The predicted molar refractivity (Wildman–Crippen MR) is 99.1 cm³/mol. The van der Waals surface area contributed by atoms with Crippen LogP contribution in [0.2, 0.25) is 0 Å². The molecule has 0 saturated carbocycles. The minimum atomic E-state index is -0.302. The highest BCUT2D eigenvalue weighted by Crippen LogP contribution is 2.28. The van der Waals surface area contributed by atoms with Crippen LogP contribution in [0.5, 0.6) is 0 Å². The maximum atomic E-state index is 13.8. The molecule has 0 radical (unpaired) electrons. The molecule has 0 spiro atoms. The molecule has 0 amide bonds. The molecule has 3 heteroatoms. The van der Waals surface area contributed by atoms with Gasteiger partial charge in [-0.2, -0.15) is 0 Å². The molecule has 0 N–H and O–H groups in total. The number of aryl methyl sites for hydroxylation is 2. The summed E-state index contributed by atoms with van der Waals surface area (Å²) >= 11 is 0. The van der Waals surface area contributed by atoms with Crippen molar-refractivity contribution in [3.05, 3.63) is 70.3 Å². The fourth-order valence-electron chi connectivity index (χ4n) is 2.76. The van der Waals surface area contributed by atoms with Crippen molar-refractivity contribution in [3.63, 3.8) is 0 Å². The molecule has 0 aliphatic heterocycles. The number of benzene rings is 2. The van der Waals surface area contributed by atoms with Crippen molar-refractivity contribution in [2.45, 2.75) is 52.4 Å². The van der Waals surface area contributed by atoms with Crippen molar-refractivity contribution >= 4 is 0 Å². The molecule has 25 heavy (non-hydrogen) atoms. The van der Waals surface area contributed by atoms with Crippen molar-refractivity contribution in [2.75, 3.05) is 13.2 Å². The van der Waals surface area contributed by atoms with Crippen molar-refractivity contribution < 1.29 is 13.5 Å². The van der Waals surface area contributed by atoms with E-state index in [0.717, 1.165) is 11.1 Å². The number of hydrogen-bond donors (Lipinski definition) is 0. The van der Waals surface area contributed by atoms with E-state index in [9.17, 15) is 8.78 Å². The highest BCUT2D eigenvalue weighted by Gasteiger charge is 2.26. The molecule has 0 saturated heterocycles. The van der Waals surface area contributed by atoms with Crippen molar-refractivity contribution in [1.29, 1.82) is 0 Å². The van der Waals surface area contributed by atoms with E-state index in [-0.39, 0.29) is 22.5 Å². The van der Waals surface area contributed by atoms with Gasteiger partial charge in [0.1, 0.15) is 11.6 Å². The Morgan fingerprint density at radius 2 is 1.08 bits per heavy atom. The summed E-state index contributed by atoms with van der Waals surface area (Å²) in [5, 5.41) is 0. The van der Waals surface area contributed by atoms with E-state index in [2.05, 4.69) is 0 Å². The predicted octanol–water partition coefficient (Wildman–Crippen LogP) is 5.85. The molecule has 1 nitrogen and oxygen atoms in total. The molecule has 0 aliphatic carbocycles. The lowest BCUT2D eigenvalue weighted by molar-refractivity contribution is 0.0632. The van der Waals surface area contributed by atoms with Crippen LogP contribution < -0.4 is 0 Å². The zero-order valence-corrected chi connectivity index (χ0v) is 16.0. The normalized spacial score (nSPS) is 12.5. The Morgan fingerprint density at radius 1 is 0.720 bits per heavy atom. The molecule has 2 aromatic carbocycles. The van der Waals surface area contributed by atoms with Gasteiger partial charge >= 0.3 is 0 Å². The fraction of sp³-hybridized carbons (Fsp3) is 0.455. The van der Waals surface area contributed by atoms with Gasteiger partial charge < -0.3 is 4.74 Å². The summed E-state index contributed by atoms with van der Waals surface area (Å²) in [5.74, 6) is -0.387. The summed E-state index contributed by atoms with van der Waals surface area (Å²) in [6.45, 7) is 12.6. The molecule has 2 aromatic rings. The molecular formula is C22H28F2O. The smallest absolute Gasteiger partial charge is 0.126 e. The third-order valence-corrected chi connectivity index (χ3v) is 4.83. The maximum absolute atomic E-state index is 13.8. The second-order valence-electron chi connectivity index (χ2n) is 8.19. The highest BCUT2D eigenvalue weighted by atomic mass is 19.1. The van der Waals surface area contributed by atoms with Gasteiger partial charge in [-0.15, -0.1) is 0 Å². The van der Waals surface area contributed by atoms with Crippen LogP contribution in [-0.2, 0) is 15.6 Å². The molecule has 2 rings (SSSR count). The van der Waals surface area contributed by atoms with Crippen LogP contribution in [0.1, 0.15) is 49.9 Å². The first-order valence-corrected chi connectivity index (χ1v) is 8.64. The van der Waals surface area contributed by atoms with Gasteiger partial charge in [0.25, 0.3) is 0 Å². The van der Waals surface area contributed by atoms with Crippen LogP contribution >= 0.6 is 0 Å². The van der Waals surface area contributed by atoms with Crippen LogP contribution in [0, 0.1) is 25.5 Å². The Balaban J connectivity index is 2.04. The number of halogens is 2. The summed E-state index contributed by atoms with van der Waals surface area (Å²) in [5.41, 5.74) is 2.50. The largest absolute Gasteiger partial charge is 0.380 e. The summed E-state index contributed by atoms with van der Waals surface area (Å²) in [7, 11) is 0. The van der Waals surface area contributed by atoms with Gasteiger partial charge in [-0.05, 0) is 48.2 Å². The van der Waals surface area contributed by atoms with Crippen molar-refractivity contribution in [2.24, 2.45) is 0 Å².